The number of aryl methyl sites for hydroxylation is 1. The molecule has 4 rings (SSSR count). The van der Waals surface area contributed by atoms with Crippen molar-refractivity contribution in [1.82, 2.24) is 4.98 Å². The zero-order valence-electron chi connectivity index (χ0n) is 17.4. The topological polar surface area (TPSA) is 56.3 Å². The molecule has 0 amide bonds. The lowest BCUT2D eigenvalue weighted by atomic mass is 10.0. The molecule has 1 aromatic heterocycles. The van der Waals surface area contributed by atoms with Gasteiger partial charge in [0.25, 0.3) is 0 Å². The van der Waals surface area contributed by atoms with E-state index in [1.807, 2.05) is 13.0 Å². The van der Waals surface area contributed by atoms with Crippen molar-refractivity contribution in [3.05, 3.63) is 102 Å². The van der Waals surface area contributed by atoms with Crippen LogP contribution in [-0.2, 0) is 16.3 Å². The molecule has 0 aliphatic carbocycles. The average Bonchev–Trinajstić information content (AvgIpc) is 2.79. The van der Waals surface area contributed by atoms with Gasteiger partial charge in [0.2, 0.25) is 5.88 Å². The largest absolute Gasteiger partial charge is 0.416 e. The van der Waals surface area contributed by atoms with E-state index in [1.54, 1.807) is 42.5 Å². The number of hydrogen-bond donors (Lipinski definition) is 0. The number of rotatable bonds is 5. The maximum atomic E-state index is 12.9. The molecule has 0 saturated heterocycles. The zero-order chi connectivity index (χ0) is 23.6. The Kier molecular flexibility index (Phi) is 5.95. The predicted molar refractivity (Wildman–Crippen MR) is 119 cm³/mol. The Bertz CT molecular complexity index is 1370. The lowest BCUT2D eigenvalue weighted by molar-refractivity contribution is -0.137. The molecule has 168 valence electrons. The van der Waals surface area contributed by atoms with Crippen molar-refractivity contribution in [2.24, 2.45) is 0 Å². The fourth-order valence-electron chi connectivity index (χ4n) is 3.19. The number of nitrogens with zero attached hydrogens (tertiary/aromatic N) is 1. The van der Waals surface area contributed by atoms with Crippen LogP contribution in [0.15, 0.2) is 95.9 Å². The van der Waals surface area contributed by atoms with E-state index >= 15 is 0 Å². The van der Waals surface area contributed by atoms with Crippen LogP contribution in [0.25, 0.3) is 22.4 Å². The third-order valence-electron chi connectivity index (χ3n) is 4.92. The minimum Gasteiger partial charge on any atom is -0.358 e. The summed E-state index contributed by atoms with van der Waals surface area (Å²) in [6, 6.07) is 22.8. The molecule has 0 bridgehead atoms. The normalized spacial score (nSPS) is 11.9. The molecule has 0 spiro atoms. The summed E-state index contributed by atoms with van der Waals surface area (Å²) in [5, 5.41) is 0. The highest BCUT2D eigenvalue weighted by atomic mass is 32.2. The molecule has 4 aromatic rings. The van der Waals surface area contributed by atoms with Crippen molar-refractivity contribution in [2.45, 2.75) is 18.0 Å². The summed E-state index contributed by atoms with van der Waals surface area (Å²) in [5.74, 6) is -0.188. The third kappa shape index (κ3) is 5.23. The Morgan fingerprint density at radius 3 is 2.00 bits per heavy atom. The maximum Gasteiger partial charge on any atom is 0.416 e. The van der Waals surface area contributed by atoms with E-state index in [4.69, 9.17) is 4.18 Å². The van der Waals surface area contributed by atoms with Crippen LogP contribution >= 0.6 is 0 Å². The van der Waals surface area contributed by atoms with Gasteiger partial charge < -0.3 is 4.18 Å². The number of pyridine rings is 1. The smallest absolute Gasteiger partial charge is 0.358 e. The second-order valence-electron chi connectivity index (χ2n) is 7.37. The van der Waals surface area contributed by atoms with Gasteiger partial charge in [0.1, 0.15) is 4.90 Å². The van der Waals surface area contributed by atoms with Crippen LogP contribution in [0.4, 0.5) is 13.2 Å². The first-order chi connectivity index (χ1) is 15.6. The molecule has 0 N–H and O–H groups in total. The van der Waals surface area contributed by atoms with Gasteiger partial charge in [0, 0.05) is 11.6 Å². The quantitative estimate of drug-likeness (QED) is 0.313. The average molecular weight is 469 g/mol. The first-order valence-corrected chi connectivity index (χ1v) is 11.3. The molecule has 0 fully saturated rings. The monoisotopic (exact) mass is 469 g/mol. The van der Waals surface area contributed by atoms with E-state index in [0.717, 1.165) is 17.7 Å². The SMILES string of the molecule is Cc1ccc(S(=O)(=O)Oc2cc(-c3ccc(C(F)(F)F)cc3)cc(-c3ccccc3)n2)cc1. The lowest BCUT2D eigenvalue weighted by Crippen LogP contribution is -2.11. The van der Waals surface area contributed by atoms with Gasteiger partial charge in [0.15, 0.2) is 0 Å². The molecule has 33 heavy (non-hydrogen) atoms. The fourth-order valence-corrected chi connectivity index (χ4v) is 4.06. The van der Waals surface area contributed by atoms with Crippen molar-refractivity contribution < 1.29 is 25.8 Å². The van der Waals surface area contributed by atoms with E-state index in [9.17, 15) is 21.6 Å². The van der Waals surface area contributed by atoms with E-state index in [-0.39, 0.29) is 10.8 Å². The summed E-state index contributed by atoms with van der Waals surface area (Å²) >= 11 is 0. The van der Waals surface area contributed by atoms with E-state index in [1.165, 1.54) is 30.3 Å². The lowest BCUT2D eigenvalue weighted by Gasteiger charge is -2.12. The summed E-state index contributed by atoms with van der Waals surface area (Å²) in [6.07, 6.45) is -4.46. The number of alkyl halides is 3. The van der Waals surface area contributed by atoms with Crippen LogP contribution in [-0.4, -0.2) is 13.4 Å². The Hall–Kier alpha value is -3.65. The van der Waals surface area contributed by atoms with Crippen molar-refractivity contribution in [1.29, 1.82) is 0 Å². The van der Waals surface area contributed by atoms with Crippen molar-refractivity contribution in [2.75, 3.05) is 0 Å². The second kappa shape index (κ2) is 8.71. The molecule has 0 unspecified atom stereocenters. The molecule has 0 aliphatic heterocycles. The Morgan fingerprint density at radius 2 is 1.39 bits per heavy atom. The van der Waals surface area contributed by atoms with Crippen molar-refractivity contribution in [3.8, 4) is 28.3 Å². The van der Waals surface area contributed by atoms with Gasteiger partial charge in [-0.15, -0.1) is 0 Å². The summed E-state index contributed by atoms with van der Waals surface area (Å²) in [7, 11) is -4.17. The van der Waals surface area contributed by atoms with Crippen LogP contribution in [0.5, 0.6) is 5.88 Å². The van der Waals surface area contributed by atoms with E-state index in [2.05, 4.69) is 4.98 Å². The molecule has 0 atom stereocenters. The van der Waals surface area contributed by atoms with Gasteiger partial charge in [-0.05, 0) is 48.4 Å². The van der Waals surface area contributed by atoms with Crippen molar-refractivity contribution >= 4 is 10.1 Å². The molecule has 8 heteroatoms. The Morgan fingerprint density at radius 1 is 0.758 bits per heavy atom. The number of benzene rings is 3. The van der Waals surface area contributed by atoms with Crippen LogP contribution < -0.4 is 4.18 Å². The standard InChI is InChI=1S/C25H18F3NO3S/c1-17-7-13-22(14-8-17)33(30,31)32-24-16-20(15-23(29-24)19-5-3-2-4-6-19)18-9-11-21(12-10-18)25(26,27)28/h2-16H,1H3. The molecule has 3 aromatic carbocycles. The summed E-state index contributed by atoms with van der Waals surface area (Å²) < 4.78 is 69.7. The number of hydrogen-bond acceptors (Lipinski definition) is 4. The van der Waals surface area contributed by atoms with Gasteiger partial charge >= 0.3 is 16.3 Å². The molecular weight excluding hydrogens is 451 g/mol. The van der Waals surface area contributed by atoms with Gasteiger partial charge in [-0.25, -0.2) is 4.98 Å². The van der Waals surface area contributed by atoms with Gasteiger partial charge in [-0.2, -0.15) is 21.6 Å². The minimum atomic E-state index is -4.46. The molecule has 1 heterocycles. The highest BCUT2D eigenvalue weighted by Crippen LogP contribution is 2.33. The number of aromatic nitrogens is 1. The molecule has 0 aliphatic rings. The van der Waals surface area contributed by atoms with E-state index < -0.39 is 21.9 Å². The molecule has 0 radical (unpaired) electrons. The van der Waals surface area contributed by atoms with Gasteiger partial charge in [-0.3, -0.25) is 0 Å². The zero-order valence-corrected chi connectivity index (χ0v) is 18.2. The maximum absolute atomic E-state index is 12.9. The Balaban J connectivity index is 1.78. The fraction of sp³-hybridized carbons (Fsp3) is 0.0800. The minimum absolute atomic E-state index is 0.0314. The first-order valence-electron chi connectivity index (χ1n) is 9.88. The summed E-state index contributed by atoms with van der Waals surface area (Å²) in [5.41, 5.74) is 2.16. The van der Waals surface area contributed by atoms with Crippen molar-refractivity contribution in [3.63, 3.8) is 0 Å². The van der Waals surface area contributed by atoms with Gasteiger partial charge in [-0.1, -0.05) is 60.2 Å². The first kappa shape index (κ1) is 22.5. The number of halogens is 3. The second-order valence-corrected chi connectivity index (χ2v) is 8.92. The van der Waals surface area contributed by atoms with Crippen LogP contribution in [0, 0.1) is 6.92 Å². The van der Waals surface area contributed by atoms with Crippen LogP contribution in [0.2, 0.25) is 0 Å². The highest BCUT2D eigenvalue weighted by molar-refractivity contribution is 7.87. The summed E-state index contributed by atoms with van der Waals surface area (Å²) in [6.45, 7) is 1.83. The Labute approximate surface area is 189 Å². The third-order valence-corrected chi connectivity index (χ3v) is 6.16. The highest BCUT2D eigenvalue weighted by Gasteiger charge is 2.30. The van der Waals surface area contributed by atoms with E-state index in [0.29, 0.717) is 22.4 Å². The molecular formula is C25H18F3NO3S. The predicted octanol–water partition coefficient (Wildman–Crippen LogP) is 6.51. The van der Waals surface area contributed by atoms with Gasteiger partial charge in [0.05, 0.1) is 11.3 Å². The molecule has 4 nitrogen and oxygen atoms in total. The van der Waals surface area contributed by atoms with Crippen LogP contribution in [0.3, 0.4) is 0 Å². The van der Waals surface area contributed by atoms with Crippen LogP contribution in [0.1, 0.15) is 11.1 Å². The molecule has 0 saturated carbocycles. The summed E-state index contributed by atoms with van der Waals surface area (Å²) in [4.78, 5) is 4.30.